The minimum Gasteiger partial charge on any atom is -0.381 e. The van der Waals surface area contributed by atoms with Crippen LogP contribution < -0.4 is 11.1 Å². The van der Waals surface area contributed by atoms with E-state index in [1.807, 2.05) is 35.0 Å². The van der Waals surface area contributed by atoms with Gasteiger partial charge in [0.1, 0.15) is 5.54 Å². The lowest BCUT2D eigenvalue weighted by atomic mass is 9.90. The topological polar surface area (TPSA) is 82.2 Å². The maximum atomic E-state index is 12.4. The first-order chi connectivity index (χ1) is 10.2. The number of benzene rings is 1. The van der Waals surface area contributed by atoms with Gasteiger partial charge in [0, 0.05) is 37.0 Å². The van der Waals surface area contributed by atoms with Gasteiger partial charge >= 0.3 is 0 Å². The van der Waals surface area contributed by atoms with Gasteiger partial charge in [0.25, 0.3) is 0 Å². The zero-order chi connectivity index (χ0) is 14.7. The Bertz CT molecular complexity index is 618. The molecule has 1 aliphatic rings. The Morgan fingerprint density at radius 1 is 1.38 bits per heavy atom. The maximum absolute atomic E-state index is 12.4. The number of imidazole rings is 1. The minimum atomic E-state index is -0.844. The molecule has 3 rings (SSSR count). The maximum Gasteiger partial charge on any atom is 0.244 e. The van der Waals surface area contributed by atoms with Crippen LogP contribution in [0.1, 0.15) is 12.8 Å². The molecule has 0 atom stereocenters. The van der Waals surface area contributed by atoms with Gasteiger partial charge in [0.15, 0.2) is 0 Å². The van der Waals surface area contributed by atoms with Crippen molar-refractivity contribution in [2.45, 2.75) is 18.4 Å². The summed E-state index contributed by atoms with van der Waals surface area (Å²) in [6.07, 6.45) is 6.36. The molecule has 1 aromatic heterocycles. The van der Waals surface area contributed by atoms with Crippen LogP contribution >= 0.6 is 0 Å². The number of rotatable bonds is 3. The van der Waals surface area contributed by atoms with E-state index in [1.54, 1.807) is 12.5 Å². The number of carbonyl (C=O) groups is 1. The highest BCUT2D eigenvalue weighted by molar-refractivity contribution is 5.98. The van der Waals surface area contributed by atoms with E-state index in [9.17, 15) is 4.79 Å². The van der Waals surface area contributed by atoms with E-state index < -0.39 is 5.54 Å². The second-order valence-corrected chi connectivity index (χ2v) is 5.24. The van der Waals surface area contributed by atoms with E-state index >= 15 is 0 Å². The fourth-order valence-corrected chi connectivity index (χ4v) is 2.37. The van der Waals surface area contributed by atoms with Gasteiger partial charge in [-0.15, -0.1) is 0 Å². The standard InChI is InChI=1S/C15H18N4O2/c16-15(4-8-21-9-5-15)14(20)18-12-2-1-3-13(10-12)19-7-6-17-11-19/h1-3,6-7,10-11H,4-5,8-9,16H2,(H,18,20). The lowest BCUT2D eigenvalue weighted by molar-refractivity contribution is -0.124. The number of carbonyl (C=O) groups excluding carboxylic acids is 1. The molecule has 0 spiro atoms. The lowest BCUT2D eigenvalue weighted by Crippen LogP contribution is -2.54. The van der Waals surface area contributed by atoms with Crippen molar-refractivity contribution in [1.29, 1.82) is 0 Å². The highest BCUT2D eigenvalue weighted by Gasteiger charge is 2.35. The van der Waals surface area contributed by atoms with Crippen LogP contribution in [0.15, 0.2) is 43.0 Å². The minimum absolute atomic E-state index is 0.159. The molecule has 6 nitrogen and oxygen atoms in total. The number of amides is 1. The summed E-state index contributed by atoms with van der Waals surface area (Å²) in [7, 11) is 0. The highest BCUT2D eigenvalue weighted by atomic mass is 16.5. The van der Waals surface area contributed by atoms with E-state index in [0.29, 0.717) is 26.1 Å². The zero-order valence-electron chi connectivity index (χ0n) is 11.7. The largest absolute Gasteiger partial charge is 0.381 e. The fraction of sp³-hybridized carbons (Fsp3) is 0.333. The van der Waals surface area contributed by atoms with Crippen molar-refractivity contribution in [1.82, 2.24) is 9.55 Å². The zero-order valence-corrected chi connectivity index (χ0v) is 11.7. The van der Waals surface area contributed by atoms with Crippen LogP contribution in [-0.4, -0.2) is 34.2 Å². The first kappa shape index (κ1) is 13.8. The quantitative estimate of drug-likeness (QED) is 0.891. The predicted molar refractivity (Wildman–Crippen MR) is 79.2 cm³/mol. The Kier molecular flexibility index (Phi) is 3.72. The number of anilines is 1. The molecule has 0 aliphatic carbocycles. The van der Waals surface area contributed by atoms with Crippen molar-refractivity contribution in [2.24, 2.45) is 5.73 Å². The summed E-state index contributed by atoms with van der Waals surface area (Å²) < 4.78 is 7.14. The number of aromatic nitrogens is 2. The van der Waals surface area contributed by atoms with Crippen LogP contribution in [0.25, 0.3) is 5.69 Å². The Morgan fingerprint density at radius 2 is 2.19 bits per heavy atom. The molecule has 0 bridgehead atoms. The molecule has 2 heterocycles. The van der Waals surface area contributed by atoms with E-state index in [1.165, 1.54) is 0 Å². The summed E-state index contributed by atoms with van der Waals surface area (Å²) in [6, 6.07) is 7.57. The highest BCUT2D eigenvalue weighted by Crippen LogP contribution is 2.21. The molecule has 1 aromatic carbocycles. The van der Waals surface area contributed by atoms with Crippen molar-refractivity contribution < 1.29 is 9.53 Å². The van der Waals surface area contributed by atoms with Crippen molar-refractivity contribution in [2.75, 3.05) is 18.5 Å². The summed E-state index contributed by atoms with van der Waals surface area (Å²) in [6.45, 7) is 1.05. The third-order valence-electron chi connectivity index (χ3n) is 3.74. The molecule has 0 unspecified atom stereocenters. The second-order valence-electron chi connectivity index (χ2n) is 5.24. The fourth-order valence-electron chi connectivity index (χ4n) is 2.37. The van der Waals surface area contributed by atoms with Crippen LogP contribution in [0.5, 0.6) is 0 Å². The van der Waals surface area contributed by atoms with E-state index in [0.717, 1.165) is 11.4 Å². The van der Waals surface area contributed by atoms with Crippen LogP contribution in [0, 0.1) is 0 Å². The van der Waals surface area contributed by atoms with E-state index in [4.69, 9.17) is 10.5 Å². The molecular weight excluding hydrogens is 268 g/mol. The van der Waals surface area contributed by atoms with Crippen LogP contribution in [-0.2, 0) is 9.53 Å². The molecule has 110 valence electrons. The van der Waals surface area contributed by atoms with Gasteiger partial charge in [-0.05, 0) is 31.0 Å². The van der Waals surface area contributed by atoms with Gasteiger partial charge in [0.2, 0.25) is 5.91 Å². The molecule has 2 aromatic rings. The second kappa shape index (κ2) is 5.67. The Balaban J connectivity index is 1.76. The number of nitrogens with one attached hydrogen (secondary N) is 1. The summed E-state index contributed by atoms with van der Waals surface area (Å²) >= 11 is 0. The monoisotopic (exact) mass is 286 g/mol. The predicted octanol–water partition coefficient (Wildman–Crippen LogP) is 1.32. The first-order valence-corrected chi connectivity index (χ1v) is 6.94. The van der Waals surface area contributed by atoms with E-state index in [2.05, 4.69) is 10.3 Å². The summed E-state index contributed by atoms with van der Waals surface area (Å²) in [5.41, 5.74) is 6.99. The summed E-state index contributed by atoms with van der Waals surface area (Å²) in [5, 5.41) is 2.90. The Hall–Kier alpha value is -2.18. The van der Waals surface area contributed by atoms with Gasteiger partial charge < -0.3 is 20.4 Å². The van der Waals surface area contributed by atoms with Gasteiger partial charge in [-0.3, -0.25) is 4.79 Å². The molecule has 0 radical (unpaired) electrons. The average Bonchev–Trinajstić information content (AvgIpc) is 3.02. The SMILES string of the molecule is NC1(C(=O)Nc2cccc(-n3ccnc3)c2)CCOCC1. The molecule has 1 saturated heterocycles. The summed E-state index contributed by atoms with van der Waals surface area (Å²) in [4.78, 5) is 16.4. The number of ether oxygens (including phenoxy) is 1. The third kappa shape index (κ3) is 2.96. The number of nitrogens with two attached hydrogens (primary N) is 1. The van der Waals surface area contributed by atoms with Crippen LogP contribution in [0.3, 0.4) is 0 Å². The molecule has 1 aliphatic heterocycles. The molecule has 1 amide bonds. The molecule has 1 fully saturated rings. The average molecular weight is 286 g/mol. The van der Waals surface area contributed by atoms with Crippen molar-refractivity contribution in [3.05, 3.63) is 43.0 Å². The smallest absolute Gasteiger partial charge is 0.244 e. The molecule has 21 heavy (non-hydrogen) atoms. The lowest BCUT2D eigenvalue weighted by Gasteiger charge is -2.31. The van der Waals surface area contributed by atoms with Gasteiger partial charge in [-0.25, -0.2) is 4.98 Å². The first-order valence-electron chi connectivity index (χ1n) is 6.94. The normalized spacial score (nSPS) is 17.4. The van der Waals surface area contributed by atoms with Crippen molar-refractivity contribution in [3.8, 4) is 5.69 Å². The van der Waals surface area contributed by atoms with Gasteiger partial charge in [-0.2, -0.15) is 0 Å². The van der Waals surface area contributed by atoms with Crippen LogP contribution in [0.4, 0.5) is 5.69 Å². The number of nitrogens with zero attached hydrogens (tertiary/aromatic N) is 2. The number of hydrogen-bond acceptors (Lipinski definition) is 4. The van der Waals surface area contributed by atoms with E-state index in [-0.39, 0.29) is 5.91 Å². The molecular formula is C15H18N4O2. The Morgan fingerprint density at radius 3 is 2.90 bits per heavy atom. The Labute approximate surface area is 122 Å². The van der Waals surface area contributed by atoms with Crippen molar-refractivity contribution in [3.63, 3.8) is 0 Å². The third-order valence-corrected chi connectivity index (χ3v) is 3.74. The molecule has 3 N–H and O–H groups in total. The van der Waals surface area contributed by atoms with Gasteiger partial charge in [0.05, 0.1) is 6.33 Å². The van der Waals surface area contributed by atoms with Gasteiger partial charge in [-0.1, -0.05) is 6.07 Å². The molecule has 0 saturated carbocycles. The number of hydrogen-bond donors (Lipinski definition) is 2. The summed E-state index contributed by atoms with van der Waals surface area (Å²) in [5.74, 6) is -0.159. The van der Waals surface area contributed by atoms with Crippen LogP contribution in [0.2, 0.25) is 0 Å². The van der Waals surface area contributed by atoms with Crippen molar-refractivity contribution >= 4 is 11.6 Å². The molecule has 6 heteroatoms.